The van der Waals surface area contributed by atoms with Gasteiger partial charge in [-0.25, -0.2) is 0 Å². The van der Waals surface area contributed by atoms with Gasteiger partial charge in [-0.05, 0) is 19.8 Å². The van der Waals surface area contributed by atoms with E-state index in [4.69, 9.17) is 14.2 Å². The number of rotatable bonds is 5. The minimum absolute atomic E-state index is 0.150. The lowest BCUT2D eigenvalue weighted by Gasteiger charge is -2.33. The number of hydrogen-bond acceptors (Lipinski definition) is 4. The third kappa shape index (κ3) is 3.19. The molecular formula is C12H22O4. The average Bonchev–Trinajstić information content (AvgIpc) is 2.65. The topological polar surface area (TPSA) is 44.8 Å². The highest BCUT2D eigenvalue weighted by Gasteiger charge is 2.40. The Bertz CT molecular complexity index is 233. The molecule has 0 spiro atoms. The summed E-state index contributed by atoms with van der Waals surface area (Å²) < 4.78 is 16.1. The molecule has 0 radical (unpaired) electrons. The summed E-state index contributed by atoms with van der Waals surface area (Å²) in [4.78, 5) is 11.4. The van der Waals surface area contributed by atoms with Crippen LogP contribution in [-0.4, -0.2) is 31.6 Å². The van der Waals surface area contributed by atoms with Crippen LogP contribution >= 0.6 is 0 Å². The summed E-state index contributed by atoms with van der Waals surface area (Å²) in [5, 5.41) is 0. The van der Waals surface area contributed by atoms with Gasteiger partial charge in [-0.2, -0.15) is 0 Å². The minimum atomic E-state index is -0.550. The van der Waals surface area contributed by atoms with Crippen molar-refractivity contribution >= 4 is 5.97 Å². The zero-order chi connectivity index (χ0) is 12.2. The molecule has 1 heterocycles. The quantitative estimate of drug-likeness (QED) is 0.677. The second kappa shape index (κ2) is 5.64. The summed E-state index contributed by atoms with van der Waals surface area (Å²) in [5.74, 6) is -0.351. The van der Waals surface area contributed by atoms with Gasteiger partial charge in [0.2, 0.25) is 0 Å². The molecule has 1 rings (SSSR count). The summed E-state index contributed by atoms with van der Waals surface area (Å²) in [6.07, 6.45) is 0.414. The molecule has 4 nitrogen and oxygen atoms in total. The Balaban J connectivity index is 2.46. The van der Waals surface area contributed by atoms with Crippen LogP contribution in [0.25, 0.3) is 0 Å². The van der Waals surface area contributed by atoms with Crippen LogP contribution in [0.15, 0.2) is 0 Å². The Morgan fingerprint density at radius 2 is 1.94 bits per heavy atom. The van der Waals surface area contributed by atoms with Crippen LogP contribution in [-0.2, 0) is 19.0 Å². The maximum Gasteiger partial charge on any atom is 0.306 e. The van der Waals surface area contributed by atoms with Crippen LogP contribution in [0.2, 0.25) is 0 Å². The fourth-order valence-corrected chi connectivity index (χ4v) is 1.97. The van der Waals surface area contributed by atoms with Crippen LogP contribution in [0.1, 0.15) is 34.1 Å². The predicted molar refractivity (Wildman–Crippen MR) is 59.9 cm³/mol. The molecule has 0 aliphatic carbocycles. The highest BCUT2D eigenvalue weighted by molar-refractivity contribution is 5.69. The van der Waals surface area contributed by atoms with Crippen molar-refractivity contribution in [3.8, 4) is 0 Å². The van der Waals surface area contributed by atoms with E-state index in [1.165, 1.54) is 0 Å². The Kier molecular flexibility index (Phi) is 4.74. The second-order valence-corrected chi connectivity index (χ2v) is 4.49. The van der Waals surface area contributed by atoms with Crippen molar-refractivity contribution < 1.29 is 19.0 Å². The normalized spacial score (nSPS) is 22.8. The van der Waals surface area contributed by atoms with Crippen LogP contribution in [0.4, 0.5) is 0 Å². The van der Waals surface area contributed by atoms with Gasteiger partial charge in [-0.1, -0.05) is 13.8 Å². The van der Waals surface area contributed by atoms with Crippen molar-refractivity contribution in [2.45, 2.75) is 39.9 Å². The monoisotopic (exact) mass is 230 g/mol. The molecule has 0 saturated carbocycles. The molecule has 1 aliphatic rings. The first-order chi connectivity index (χ1) is 7.49. The Hall–Kier alpha value is -0.610. The van der Waals surface area contributed by atoms with E-state index >= 15 is 0 Å². The van der Waals surface area contributed by atoms with E-state index < -0.39 is 5.79 Å². The van der Waals surface area contributed by atoms with Crippen molar-refractivity contribution in [3.63, 3.8) is 0 Å². The fourth-order valence-electron chi connectivity index (χ4n) is 1.97. The van der Waals surface area contributed by atoms with Crippen molar-refractivity contribution in [1.82, 2.24) is 0 Å². The highest BCUT2D eigenvalue weighted by Crippen LogP contribution is 2.34. The SMILES string of the molecule is CCOC(=O)CC(C)C(C)C1(C)OCCO1. The molecule has 0 N–H and O–H groups in total. The van der Waals surface area contributed by atoms with Gasteiger partial charge in [-0.3, -0.25) is 4.79 Å². The van der Waals surface area contributed by atoms with Crippen LogP contribution < -0.4 is 0 Å². The average molecular weight is 230 g/mol. The van der Waals surface area contributed by atoms with Gasteiger partial charge in [0.1, 0.15) is 0 Å². The maximum absolute atomic E-state index is 11.4. The van der Waals surface area contributed by atoms with E-state index in [1.807, 2.05) is 20.8 Å². The smallest absolute Gasteiger partial charge is 0.306 e. The van der Waals surface area contributed by atoms with E-state index in [0.29, 0.717) is 26.2 Å². The van der Waals surface area contributed by atoms with Gasteiger partial charge in [0.25, 0.3) is 0 Å². The van der Waals surface area contributed by atoms with E-state index in [9.17, 15) is 4.79 Å². The molecule has 1 fully saturated rings. The molecule has 0 aromatic heterocycles. The van der Waals surface area contributed by atoms with Crippen molar-refractivity contribution in [1.29, 1.82) is 0 Å². The van der Waals surface area contributed by atoms with E-state index in [0.717, 1.165) is 0 Å². The fraction of sp³-hybridized carbons (Fsp3) is 0.917. The molecule has 1 aliphatic heterocycles. The van der Waals surface area contributed by atoms with Crippen LogP contribution in [0, 0.1) is 11.8 Å². The Morgan fingerprint density at radius 3 is 2.44 bits per heavy atom. The van der Waals surface area contributed by atoms with Gasteiger partial charge in [0.15, 0.2) is 5.79 Å². The molecule has 0 aromatic rings. The summed E-state index contributed by atoms with van der Waals surface area (Å²) >= 11 is 0. The van der Waals surface area contributed by atoms with Gasteiger partial charge in [0.05, 0.1) is 19.8 Å². The summed E-state index contributed by atoms with van der Waals surface area (Å²) in [6.45, 7) is 9.53. The zero-order valence-electron chi connectivity index (χ0n) is 10.6. The lowest BCUT2D eigenvalue weighted by molar-refractivity contribution is -0.189. The van der Waals surface area contributed by atoms with E-state index in [2.05, 4.69) is 6.92 Å². The molecule has 0 bridgehead atoms. The number of carbonyl (C=O) groups excluding carboxylic acids is 1. The zero-order valence-corrected chi connectivity index (χ0v) is 10.6. The Labute approximate surface area is 97.2 Å². The molecule has 2 unspecified atom stereocenters. The molecule has 1 saturated heterocycles. The molecule has 94 valence electrons. The van der Waals surface area contributed by atoms with Crippen molar-refractivity contribution in [2.24, 2.45) is 11.8 Å². The highest BCUT2D eigenvalue weighted by atomic mass is 16.7. The lowest BCUT2D eigenvalue weighted by Crippen LogP contribution is -2.38. The standard InChI is InChI=1S/C12H22O4/c1-5-14-11(13)8-9(2)10(3)12(4)15-6-7-16-12/h9-10H,5-8H2,1-4H3. The van der Waals surface area contributed by atoms with Crippen LogP contribution in [0.5, 0.6) is 0 Å². The van der Waals surface area contributed by atoms with Gasteiger partial charge < -0.3 is 14.2 Å². The number of ether oxygens (including phenoxy) is 3. The molecule has 16 heavy (non-hydrogen) atoms. The second-order valence-electron chi connectivity index (χ2n) is 4.49. The van der Waals surface area contributed by atoms with Gasteiger partial charge >= 0.3 is 5.97 Å². The molecule has 4 heteroatoms. The molecule has 0 amide bonds. The minimum Gasteiger partial charge on any atom is -0.466 e. The van der Waals surface area contributed by atoms with E-state index in [1.54, 1.807) is 0 Å². The first kappa shape index (κ1) is 13.5. The van der Waals surface area contributed by atoms with E-state index in [-0.39, 0.29) is 17.8 Å². The number of esters is 1. The first-order valence-electron chi connectivity index (χ1n) is 5.93. The molecular weight excluding hydrogens is 208 g/mol. The summed E-state index contributed by atoms with van der Waals surface area (Å²) in [6, 6.07) is 0. The maximum atomic E-state index is 11.4. The molecule has 0 aromatic carbocycles. The van der Waals surface area contributed by atoms with Crippen LogP contribution in [0.3, 0.4) is 0 Å². The molecule has 2 atom stereocenters. The van der Waals surface area contributed by atoms with Gasteiger partial charge in [0, 0.05) is 12.3 Å². The summed E-state index contributed by atoms with van der Waals surface area (Å²) in [7, 11) is 0. The first-order valence-corrected chi connectivity index (χ1v) is 5.93. The van der Waals surface area contributed by atoms with Gasteiger partial charge in [-0.15, -0.1) is 0 Å². The van der Waals surface area contributed by atoms with Crippen molar-refractivity contribution in [3.05, 3.63) is 0 Å². The number of hydrogen-bond donors (Lipinski definition) is 0. The Morgan fingerprint density at radius 1 is 1.38 bits per heavy atom. The van der Waals surface area contributed by atoms with Crippen molar-refractivity contribution in [2.75, 3.05) is 19.8 Å². The third-order valence-electron chi connectivity index (χ3n) is 3.34. The lowest BCUT2D eigenvalue weighted by atomic mass is 9.86. The number of carbonyl (C=O) groups is 1. The predicted octanol–water partition coefficient (Wildman–Crippen LogP) is 1.97. The largest absolute Gasteiger partial charge is 0.466 e. The third-order valence-corrected chi connectivity index (χ3v) is 3.34. The summed E-state index contributed by atoms with van der Waals surface area (Å²) in [5.41, 5.74) is 0.